The van der Waals surface area contributed by atoms with Crippen LogP contribution >= 0.6 is 11.6 Å². The number of methoxy groups -OCH3 is 1. The highest BCUT2D eigenvalue weighted by atomic mass is 35.5. The van der Waals surface area contributed by atoms with Crippen LogP contribution in [0.15, 0.2) is 18.2 Å². The first-order chi connectivity index (χ1) is 10.0. The fourth-order valence-electron chi connectivity index (χ4n) is 4.01. The van der Waals surface area contributed by atoms with Crippen LogP contribution in [0.1, 0.15) is 36.8 Å². The molecule has 1 aliphatic heterocycles. The van der Waals surface area contributed by atoms with E-state index >= 15 is 0 Å². The minimum atomic E-state index is -0.190. The van der Waals surface area contributed by atoms with E-state index in [0.717, 1.165) is 43.8 Å². The molecule has 0 unspecified atom stereocenters. The Morgan fingerprint density at radius 3 is 2.95 bits per heavy atom. The predicted molar refractivity (Wildman–Crippen MR) is 84.6 cm³/mol. The number of fused-ring (bicyclic) bond motifs is 1. The molecule has 0 bridgehead atoms. The highest BCUT2D eigenvalue weighted by Crippen LogP contribution is 2.43. The second-order valence-electron chi connectivity index (χ2n) is 6.50. The normalized spacial score (nSPS) is 33.1. The van der Waals surface area contributed by atoms with E-state index in [1.54, 1.807) is 0 Å². The second-order valence-corrected chi connectivity index (χ2v) is 6.94. The van der Waals surface area contributed by atoms with Gasteiger partial charge >= 0.3 is 0 Å². The summed E-state index contributed by atoms with van der Waals surface area (Å²) in [4.78, 5) is 2.47. The molecule has 2 aliphatic rings. The lowest BCUT2D eigenvalue weighted by atomic mass is 9.79. The molecular formula is C17H24ClNO2. The van der Waals surface area contributed by atoms with Crippen molar-refractivity contribution in [2.45, 2.75) is 56.9 Å². The molecule has 1 aliphatic carbocycles. The predicted octanol–water partition coefficient (Wildman–Crippen LogP) is 3.15. The summed E-state index contributed by atoms with van der Waals surface area (Å²) in [6.45, 7) is 4.05. The van der Waals surface area contributed by atoms with Gasteiger partial charge in [0.2, 0.25) is 0 Å². The van der Waals surface area contributed by atoms with E-state index in [4.69, 9.17) is 16.3 Å². The standard InChI is InChI=1S/C17H24ClNO2/c1-12-9-14(18)4-3-13(12)11-19-8-7-17(21-2)6-5-15(20)10-16(17)19/h3-4,9,15-16,20H,5-8,10-11H2,1-2H3/t15-,16+,17-/m1/s1. The van der Waals surface area contributed by atoms with Crippen LogP contribution < -0.4 is 0 Å². The van der Waals surface area contributed by atoms with E-state index in [0.29, 0.717) is 6.04 Å². The van der Waals surface area contributed by atoms with Crippen LogP contribution in [0, 0.1) is 6.92 Å². The summed E-state index contributed by atoms with van der Waals surface area (Å²) in [5.41, 5.74) is 2.49. The number of hydrogen-bond acceptors (Lipinski definition) is 3. The second kappa shape index (κ2) is 5.88. The van der Waals surface area contributed by atoms with Crippen molar-refractivity contribution in [3.63, 3.8) is 0 Å². The molecular weight excluding hydrogens is 286 g/mol. The Bertz CT molecular complexity index is 522. The zero-order valence-corrected chi connectivity index (χ0v) is 13.6. The lowest BCUT2D eigenvalue weighted by Gasteiger charge is -2.42. The van der Waals surface area contributed by atoms with Gasteiger partial charge in [-0.25, -0.2) is 0 Å². The molecule has 116 valence electrons. The van der Waals surface area contributed by atoms with E-state index in [2.05, 4.69) is 17.9 Å². The first kappa shape index (κ1) is 15.3. The fourth-order valence-corrected chi connectivity index (χ4v) is 4.24. The maximum Gasteiger partial charge on any atom is 0.0847 e. The van der Waals surface area contributed by atoms with Gasteiger partial charge in [-0.3, -0.25) is 4.90 Å². The molecule has 3 rings (SSSR count). The molecule has 1 saturated carbocycles. The Kier molecular flexibility index (Phi) is 4.28. The highest BCUT2D eigenvalue weighted by molar-refractivity contribution is 6.30. The first-order valence-electron chi connectivity index (χ1n) is 7.76. The summed E-state index contributed by atoms with van der Waals surface area (Å²) in [5.74, 6) is 0. The van der Waals surface area contributed by atoms with Gasteiger partial charge in [0.1, 0.15) is 0 Å². The van der Waals surface area contributed by atoms with E-state index in [9.17, 15) is 5.11 Å². The monoisotopic (exact) mass is 309 g/mol. The number of hydrogen-bond donors (Lipinski definition) is 1. The fraction of sp³-hybridized carbons (Fsp3) is 0.647. The molecule has 1 heterocycles. The number of aryl methyl sites for hydroxylation is 1. The minimum absolute atomic E-state index is 0.0560. The lowest BCUT2D eigenvalue weighted by molar-refractivity contribution is -0.0879. The number of halogens is 1. The van der Waals surface area contributed by atoms with Gasteiger partial charge in [-0.15, -0.1) is 0 Å². The third-order valence-electron chi connectivity index (χ3n) is 5.35. The Hall–Kier alpha value is -0.610. The van der Waals surface area contributed by atoms with Gasteiger partial charge in [0, 0.05) is 31.3 Å². The number of aliphatic hydroxyl groups excluding tert-OH is 1. The largest absolute Gasteiger partial charge is 0.393 e. The molecule has 3 nitrogen and oxygen atoms in total. The third kappa shape index (κ3) is 2.85. The molecule has 0 aromatic heterocycles. The quantitative estimate of drug-likeness (QED) is 0.931. The van der Waals surface area contributed by atoms with Crippen molar-refractivity contribution < 1.29 is 9.84 Å². The topological polar surface area (TPSA) is 32.7 Å². The van der Waals surface area contributed by atoms with Crippen molar-refractivity contribution in [3.8, 4) is 0 Å². The van der Waals surface area contributed by atoms with Crippen molar-refractivity contribution in [1.29, 1.82) is 0 Å². The van der Waals surface area contributed by atoms with Crippen LogP contribution in [0.4, 0.5) is 0 Å². The van der Waals surface area contributed by atoms with Gasteiger partial charge < -0.3 is 9.84 Å². The summed E-state index contributed by atoms with van der Waals surface area (Å²) in [5, 5.41) is 10.8. The van der Waals surface area contributed by atoms with E-state index < -0.39 is 0 Å². The van der Waals surface area contributed by atoms with Gasteiger partial charge in [0.15, 0.2) is 0 Å². The van der Waals surface area contributed by atoms with E-state index in [1.807, 2.05) is 19.2 Å². The van der Waals surface area contributed by atoms with Gasteiger partial charge in [-0.1, -0.05) is 17.7 Å². The molecule has 0 amide bonds. The zero-order valence-electron chi connectivity index (χ0n) is 12.8. The number of aliphatic hydroxyl groups is 1. The van der Waals surface area contributed by atoms with Gasteiger partial charge in [0.25, 0.3) is 0 Å². The number of likely N-dealkylation sites (tertiary alicyclic amines) is 1. The van der Waals surface area contributed by atoms with Gasteiger partial charge in [-0.2, -0.15) is 0 Å². The number of benzene rings is 1. The van der Waals surface area contributed by atoms with Gasteiger partial charge in [-0.05, 0) is 55.9 Å². The molecule has 3 atom stereocenters. The molecule has 0 radical (unpaired) electrons. The molecule has 0 spiro atoms. The summed E-state index contributed by atoms with van der Waals surface area (Å²) in [6.07, 6.45) is 3.52. The maximum atomic E-state index is 10.0. The smallest absolute Gasteiger partial charge is 0.0847 e. The molecule has 1 saturated heterocycles. The molecule has 1 N–H and O–H groups in total. The third-order valence-corrected chi connectivity index (χ3v) is 5.59. The molecule has 1 aromatic rings. The van der Waals surface area contributed by atoms with Crippen molar-refractivity contribution in [1.82, 2.24) is 4.90 Å². The Morgan fingerprint density at radius 1 is 1.43 bits per heavy atom. The number of ether oxygens (including phenoxy) is 1. The van der Waals surface area contributed by atoms with Crippen molar-refractivity contribution in [3.05, 3.63) is 34.3 Å². The number of rotatable bonds is 3. The highest BCUT2D eigenvalue weighted by Gasteiger charge is 2.50. The van der Waals surface area contributed by atoms with E-state index in [1.165, 1.54) is 11.1 Å². The van der Waals surface area contributed by atoms with Crippen LogP contribution in [0.2, 0.25) is 5.02 Å². The number of nitrogens with zero attached hydrogens (tertiary/aromatic N) is 1. The maximum absolute atomic E-state index is 10.0. The van der Waals surface area contributed by atoms with Crippen LogP contribution in [-0.2, 0) is 11.3 Å². The van der Waals surface area contributed by atoms with Crippen molar-refractivity contribution in [2.75, 3.05) is 13.7 Å². The summed E-state index contributed by atoms with van der Waals surface area (Å²) >= 11 is 6.04. The zero-order chi connectivity index (χ0) is 15.0. The van der Waals surface area contributed by atoms with Crippen LogP contribution in [0.25, 0.3) is 0 Å². The average Bonchev–Trinajstić information content (AvgIpc) is 2.81. The Morgan fingerprint density at radius 2 is 2.24 bits per heavy atom. The van der Waals surface area contributed by atoms with Crippen molar-refractivity contribution >= 4 is 11.6 Å². The van der Waals surface area contributed by atoms with Crippen LogP contribution in [0.3, 0.4) is 0 Å². The first-order valence-corrected chi connectivity index (χ1v) is 8.14. The molecule has 1 aromatic carbocycles. The van der Waals surface area contributed by atoms with Gasteiger partial charge in [0.05, 0.1) is 11.7 Å². The van der Waals surface area contributed by atoms with E-state index in [-0.39, 0.29) is 11.7 Å². The summed E-state index contributed by atoms with van der Waals surface area (Å²) < 4.78 is 5.89. The van der Waals surface area contributed by atoms with Crippen molar-refractivity contribution in [2.24, 2.45) is 0 Å². The summed E-state index contributed by atoms with van der Waals surface area (Å²) in [6, 6.07) is 6.41. The van der Waals surface area contributed by atoms with Crippen LogP contribution in [-0.4, -0.2) is 41.4 Å². The Labute approximate surface area is 131 Å². The molecule has 21 heavy (non-hydrogen) atoms. The minimum Gasteiger partial charge on any atom is -0.393 e. The SMILES string of the molecule is CO[C@@]12CC[C@@H](O)C[C@@H]1N(Cc1ccc(Cl)cc1C)CC2. The lowest BCUT2D eigenvalue weighted by Crippen LogP contribution is -2.51. The summed E-state index contributed by atoms with van der Waals surface area (Å²) in [7, 11) is 1.82. The molecule has 4 heteroatoms. The average molecular weight is 310 g/mol. The Balaban J connectivity index is 1.79. The van der Waals surface area contributed by atoms with Crippen LogP contribution in [0.5, 0.6) is 0 Å². The molecule has 2 fully saturated rings.